The van der Waals surface area contributed by atoms with Crippen LogP contribution in [-0.2, 0) is 0 Å². The number of ether oxygens (including phenoxy) is 4. The lowest BCUT2D eigenvalue weighted by atomic mass is 9.92. The minimum Gasteiger partial charge on any atom is -0.504 e. The lowest BCUT2D eigenvalue weighted by Crippen LogP contribution is -2.04. The Morgan fingerprint density at radius 3 is 1.70 bits per heavy atom. The molecule has 7 heteroatoms. The topological polar surface area (TPSA) is 97.6 Å². The van der Waals surface area contributed by atoms with E-state index in [1.807, 2.05) is 0 Å². The molecule has 0 aromatic heterocycles. The fraction of sp³-hybridized carbons (Fsp3) is 0.300. The molecule has 0 atom stereocenters. The largest absolute Gasteiger partial charge is 0.504 e. The van der Waals surface area contributed by atoms with Crippen LogP contribution in [0, 0.1) is 0 Å². The number of methoxy groups -OCH3 is 4. The first-order valence-corrected chi connectivity index (χ1v) is 8.16. The molecule has 27 heavy (non-hydrogen) atoms. The van der Waals surface area contributed by atoms with E-state index in [2.05, 4.69) is 0 Å². The van der Waals surface area contributed by atoms with Gasteiger partial charge in [-0.1, -0.05) is 6.07 Å². The van der Waals surface area contributed by atoms with E-state index in [1.165, 1.54) is 34.5 Å². The smallest absolute Gasteiger partial charge is 0.203 e. The average molecular weight is 376 g/mol. The van der Waals surface area contributed by atoms with E-state index in [4.69, 9.17) is 18.9 Å². The maximum absolute atomic E-state index is 10.2. The summed E-state index contributed by atoms with van der Waals surface area (Å²) in [6, 6.07) is 8.26. The molecule has 0 unspecified atom stereocenters. The van der Waals surface area contributed by atoms with Crippen LogP contribution < -0.4 is 18.9 Å². The predicted molar refractivity (Wildman–Crippen MR) is 101 cm³/mol. The van der Waals surface area contributed by atoms with E-state index < -0.39 is 0 Å². The molecule has 2 aromatic rings. The molecule has 0 radical (unpaired) electrons. The van der Waals surface area contributed by atoms with Crippen molar-refractivity contribution in [2.75, 3.05) is 41.7 Å². The third-order valence-electron chi connectivity index (χ3n) is 4.16. The van der Waals surface area contributed by atoms with Crippen LogP contribution in [-0.4, -0.2) is 57.0 Å². The SMILES string of the molecule is COc1ccc(C(=C(CO)CO)c2cc(OC)c(OC)c(OC)c2)cc1O. The van der Waals surface area contributed by atoms with E-state index in [-0.39, 0.29) is 19.0 Å². The maximum Gasteiger partial charge on any atom is 0.203 e. The molecular weight excluding hydrogens is 352 g/mol. The molecule has 0 amide bonds. The zero-order chi connectivity index (χ0) is 20.0. The second kappa shape index (κ2) is 9.16. The lowest BCUT2D eigenvalue weighted by molar-refractivity contribution is 0.277. The highest BCUT2D eigenvalue weighted by atomic mass is 16.5. The van der Waals surface area contributed by atoms with Crippen LogP contribution in [0.3, 0.4) is 0 Å². The summed E-state index contributed by atoms with van der Waals surface area (Å²) < 4.78 is 21.2. The summed E-state index contributed by atoms with van der Waals surface area (Å²) in [6.45, 7) is -0.732. The number of benzene rings is 2. The first-order chi connectivity index (χ1) is 13.0. The van der Waals surface area contributed by atoms with Crippen molar-refractivity contribution < 1.29 is 34.3 Å². The first kappa shape index (κ1) is 20.4. The first-order valence-electron chi connectivity index (χ1n) is 8.16. The number of aromatic hydroxyl groups is 1. The number of phenolic OH excluding ortho intramolecular Hbond substituents is 1. The fourth-order valence-electron chi connectivity index (χ4n) is 2.85. The minimum absolute atomic E-state index is 0.0600. The van der Waals surface area contributed by atoms with Gasteiger partial charge in [-0.3, -0.25) is 0 Å². The van der Waals surface area contributed by atoms with Crippen molar-refractivity contribution in [1.29, 1.82) is 0 Å². The highest BCUT2D eigenvalue weighted by molar-refractivity contribution is 5.85. The van der Waals surface area contributed by atoms with Gasteiger partial charge in [0.15, 0.2) is 23.0 Å². The molecule has 0 heterocycles. The van der Waals surface area contributed by atoms with Gasteiger partial charge in [0.25, 0.3) is 0 Å². The quantitative estimate of drug-likeness (QED) is 0.650. The molecule has 2 aromatic carbocycles. The van der Waals surface area contributed by atoms with Crippen LogP contribution in [0.4, 0.5) is 0 Å². The van der Waals surface area contributed by atoms with E-state index in [1.54, 1.807) is 24.3 Å². The molecule has 0 aliphatic heterocycles. The Balaban J connectivity index is 2.77. The van der Waals surface area contributed by atoms with Gasteiger partial charge in [0.1, 0.15) is 0 Å². The van der Waals surface area contributed by atoms with Gasteiger partial charge in [-0.15, -0.1) is 0 Å². The summed E-state index contributed by atoms with van der Waals surface area (Å²) in [7, 11) is 5.97. The highest BCUT2D eigenvalue weighted by Gasteiger charge is 2.19. The van der Waals surface area contributed by atoms with Gasteiger partial charge < -0.3 is 34.3 Å². The Hall–Kier alpha value is -2.90. The third kappa shape index (κ3) is 4.10. The second-order valence-corrected chi connectivity index (χ2v) is 5.60. The molecule has 0 fully saturated rings. The number of aliphatic hydroxyl groups excluding tert-OH is 2. The number of aliphatic hydroxyl groups is 2. The van der Waals surface area contributed by atoms with Crippen LogP contribution in [0.2, 0.25) is 0 Å². The third-order valence-corrected chi connectivity index (χ3v) is 4.16. The number of hydrogen-bond donors (Lipinski definition) is 3. The van der Waals surface area contributed by atoms with Crippen LogP contribution in [0.5, 0.6) is 28.7 Å². The zero-order valence-corrected chi connectivity index (χ0v) is 15.8. The van der Waals surface area contributed by atoms with Crippen molar-refractivity contribution in [2.45, 2.75) is 0 Å². The van der Waals surface area contributed by atoms with Crippen molar-refractivity contribution in [3.8, 4) is 28.7 Å². The molecule has 146 valence electrons. The van der Waals surface area contributed by atoms with Crippen molar-refractivity contribution in [3.63, 3.8) is 0 Å². The molecule has 2 rings (SSSR count). The van der Waals surface area contributed by atoms with Gasteiger partial charge >= 0.3 is 0 Å². The normalized spacial score (nSPS) is 10.3. The Labute approximate surface area is 158 Å². The van der Waals surface area contributed by atoms with E-state index in [0.29, 0.717) is 45.3 Å². The summed E-state index contributed by atoms with van der Waals surface area (Å²) in [4.78, 5) is 0. The molecule has 0 aliphatic carbocycles. The molecule has 7 nitrogen and oxygen atoms in total. The minimum atomic E-state index is -0.366. The van der Waals surface area contributed by atoms with Gasteiger partial charge in [-0.2, -0.15) is 0 Å². The molecule has 0 spiro atoms. The predicted octanol–water partition coefficient (Wildman–Crippen LogP) is 2.21. The van der Waals surface area contributed by atoms with Crippen LogP contribution in [0.15, 0.2) is 35.9 Å². The highest BCUT2D eigenvalue weighted by Crippen LogP contribution is 2.42. The monoisotopic (exact) mass is 376 g/mol. The Morgan fingerprint density at radius 2 is 1.30 bits per heavy atom. The standard InChI is InChI=1S/C20H24O7/c1-24-16-6-5-12(7-15(16)23)19(14(10-21)11-22)13-8-17(25-2)20(27-4)18(9-13)26-3/h5-9,21-23H,10-11H2,1-4H3. The molecule has 0 saturated carbocycles. The number of rotatable bonds is 8. The molecule has 0 bridgehead atoms. The van der Waals surface area contributed by atoms with E-state index >= 15 is 0 Å². The lowest BCUT2D eigenvalue weighted by Gasteiger charge is -2.18. The Bertz CT molecular complexity index is 796. The van der Waals surface area contributed by atoms with Crippen molar-refractivity contribution >= 4 is 5.57 Å². The van der Waals surface area contributed by atoms with Crippen LogP contribution in [0.1, 0.15) is 11.1 Å². The van der Waals surface area contributed by atoms with Gasteiger partial charge in [0, 0.05) is 0 Å². The van der Waals surface area contributed by atoms with E-state index in [0.717, 1.165) is 0 Å². The molecule has 0 saturated heterocycles. The second-order valence-electron chi connectivity index (χ2n) is 5.60. The van der Waals surface area contributed by atoms with E-state index in [9.17, 15) is 15.3 Å². The van der Waals surface area contributed by atoms with Gasteiger partial charge in [-0.05, 0) is 46.5 Å². The molecule has 0 aliphatic rings. The van der Waals surface area contributed by atoms with Crippen molar-refractivity contribution in [2.24, 2.45) is 0 Å². The maximum atomic E-state index is 10.2. The number of phenols is 1. The molecular formula is C20H24O7. The average Bonchev–Trinajstić information content (AvgIpc) is 2.70. The summed E-state index contributed by atoms with van der Waals surface area (Å²) in [5, 5.41) is 29.7. The number of hydrogen-bond acceptors (Lipinski definition) is 7. The van der Waals surface area contributed by atoms with Crippen LogP contribution in [0.25, 0.3) is 5.57 Å². The fourth-order valence-corrected chi connectivity index (χ4v) is 2.85. The summed E-state index contributed by atoms with van der Waals surface area (Å²) in [5.41, 5.74) is 2.11. The van der Waals surface area contributed by atoms with Gasteiger partial charge in [0.05, 0.1) is 41.7 Å². The summed E-state index contributed by atoms with van der Waals surface area (Å²) in [6.07, 6.45) is 0. The van der Waals surface area contributed by atoms with Crippen molar-refractivity contribution in [3.05, 3.63) is 47.0 Å². The van der Waals surface area contributed by atoms with Gasteiger partial charge in [-0.25, -0.2) is 0 Å². The summed E-state index contributed by atoms with van der Waals surface area (Å²) >= 11 is 0. The Kier molecular flexibility index (Phi) is 6.92. The molecule has 3 N–H and O–H groups in total. The van der Waals surface area contributed by atoms with Gasteiger partial charge in [0.2, 0.25) is 5.75 Å². The zero-order valence-electron chi connectivity index (χ0n) is 15.8. The van der Waals surface area contributed by atoms with Crippen LogP contribution >= 0.6 is 0 Å². The summed E-state index contributed by atoms with van der Waals surface area (Å²) in [5.74, 6) is 1.54. The van der Waals surface area contributed by atoms with Crippen molar-refractivity contribution in [1.82, 2.24) is 0 Å². The Morgan fingerprint density at radius 1 is 0.741 bits per heavy atom.